The SMILES string of the molecule is CC1(n2cc(Cc3ccc4c5c(cccc35)C(=O)N4)cn2)CCN(c2ncccc2F)CC1. The van der Waals surface area contributed by atoms with Gasteiger partial charge in [-0.3, -0.25) is 9.48 Å². The van der Waals surface area contributed by atoms with Crippen LogP contribution in [0.25, 0.3) is 10.8 Å². The van der Waals surface area contributed by atoms with Crippen molar-refractivity contribution in [3.63, 3.8) is 0 Å². The van der Waals surface area contributed by atoms with E-state index in [0.29, 0.717) is 5.82 Å². The van der Waals surface area contributed by atoms with Gasteiger partial charge >= 0.3 is 0 Å². The van der Waals surface area contributed by atoms with Crippen molar-refractivity contribution in [1.82, 2.24) is 14.8 Å². The number of hydrogen-bond acceptors (Lipinski definition) is 4. The van der Waals surface area contributed by atoms with Crippen molar-refractivity contribution >= 4 is 28.2 Å². The van der Waals surface area contributed by atoms with E-state index in [0.717, 1.165) is 59.9 Å². The second-order valence-corrected chi connectivity index (χ2v) is 9.22. The molecule has 0 saturated carbocycles. The molecule has 7 heteroatoms. The second kappa shape index (κ2) is 7.40. The van der Waals surface area contributed by atoms with Gasteiger partial charge in [0.25, 0.3) is 5.91 Å². The molecule has 1 saturated heterocycles. The number of pyridine rings is 1. The van der Waals surface area contributed by atoms with E-state index >= 15 is 0 Å². The highest BCUT2D eigenvalue weighted by molar-refractivity contribution is 6.24. The molecule has 1 fully saturated rings. The van der Waals surface area contributed by atoms with Crippen LogP contribution in [0.15, 0.2) is 61.1 Å². The smallest absolute Gasteiger partial charge is 0.256 e. The van der Waals surface area contributed by atoms with Crippen molar-refractivity contribution in [2.45, 2.75) is 31.7 Å². The molecule has 6 nitrogen and oxygen atoms in total. The maximum absolute atomic E-state index is 14.1. The Balaban J connectivity index is 1.22. The van der Waals surface area contributed by atoms with E-state index in [2.05, 4.69) is 40.2 Å². The van der Waals surface area contributed by atoms with Crippen LogP contribution in [0.1, 0.15) is 41.3 Å². The van der Waals surface area contributed by atoms with Crippen LogP contribution in [0.4, 0.5) is 15.9 Å². The fourth-order valence-electron chi connectivity index (χ4n) is 5.11. The molecule has 2 aliphatic heterocycles. The van der Waals surface area contributed by atoms with Gasteiger partial charge < -0.3 is 10.2 Å². The third kappa shape index (κ3) is 3.26. The highest BCUT2D eigenvalue weighted by Crippen LogP contribution is 2.36. The van der Waals surface area contributed by atoms with Gasteiger partial charge in [-0.25, -0.2) is 9.37 Å². The molecule has 0 bridgehead atoms. The molecule has 1 amide bonds. The van der Waals surface area contributed by atoms with Crippen molar-refractivity contribution < 1.29 is 9.18 Å². The molecule has 0 unspecified atom stereocenters. The van der Waals surface area contributed by atoms with Crippen molar-refractivity contribution in [2.24, 2.45) is 0 Å². The number of benzene rings is 2. The lowest BCUT2D eigenvalue weighted by Crippen LogP contribution is -2.45. The summed E-state index contributed by atoms with van der Waals surface area (Å²) in [5, 5.41) is 9.76. The van der Waals surface area contributed by atoms with Gasteiger partial charge in [0.2, 0.25) is 0 Å². The molecule has 0 atom stereocenters. The molecule has 2 aromatic heterocycles. The van der Waals surface area contributed by atoms with Gasteiger partial charge in [-0.2, -0.15) is 5.10 Å². The van der Waals surface area contributed by atoms with Crippen LogP contribution in [0.2, 0.25) is 0 Å². The van der Waals surface area contributed by atoms with E-state index in [4.69, 9.17) is 5.10 Å². The first-order valence-corrected chi connectivity index (χ1v) is 11.3. The molecule has 4 aromatic rings. The minimum absolute atomic E-state index is 0.0366. The summed E-state index contributed by atoms with van der Waals surface area (Å²) in [4.78, 5) is 18.4. The van der Waals surface area contributed by atoms with E-state index in [-0.39, 0.29) is 17.3 Å². The van der Waals surface area contributed by atoms with Crippen LogP contribution < -0.4 is 10.2 Å². The molecule has 0 aliphatic carbocycles. The van der Waals surface area contributed by atoms with Crippen LogP contribution in [-0.2, 0) is 12.0 Å². The Morgan fingerprint density at radius 3 is 2.79 bits per heavy atom. The Labute approximate surface area is 191 Å². The number of rotatable bonds is 4. The average molecular weight is 442 g/mol. The molecule has 4 heterocycles. The van der Waals surface area contributed by atoms with Crippen LogP contribution in [0.3, 0.4) is 0 Å². The van der Waals surface area contributed by atoms with E-state index in [1.165, 1.54) is 11.6 Å². The lowest BCUT2D eigenvalue weighted by atomic mass is 9.89. The van der Waals surface area contributed by atoms with E-state index < -0.39 is 0 Å². The molecular weight excluding hydrogens is 417 g/mol. The number of piperidine rings is 1. The minimum atomic E-state index is -0.273. The van der Waals surface area contributed by atoms with Gasteiger partial charge in [-0.05, 0) is 60.5 Å². The van der Waals surface area contributed by atoms with Crippen LogP contribution in [0, 0.1) is 5.82 Å². The fourth-order valence-corrected chi connectivity index (χ4v) is 5.11. The van der Waals surface area contributed by atoms with Crippen molar-refractivity contribution in [2.75, 3.05) is 23.3 Å². The zero-order valence-corrected chi connectivity index (χ0v) is 18.4. The highest BCUT2D eigenvalue weighted by atomic mass is 19.1. The summed E-state index contributed by atoms with van der Waals surface area (Å²) in [6, 6.07) is 13.1. The highest BCUT2D eigenvalue weighted by Gasteiger charge is 2.33. The third-order valence-corrected chi connectivity index (χ3v) is 7.09. The molecule has 2 aliphatic rings. The lowest BCUT2D eigenvalue weighted by molar-refractivity contribution is 0.103. The Morgan fingerprint density at radius 2 is 1.97 bits per heavy atom. The Hall–Kier alpha value is -3.74. The third-order valence-electron chi connectivity index (χ3n) is 7.09. The number of aromatic nitrogens is 3. The minimum Gasteiger partial charge on any atom is -0.354 e. The maximum Gasteiger partial charge on any atom is 0.256 e. The molecule has 2 aromatic carbocycles. The topological polar surface area (TPSA) is 63.1 Å². The number of nitrogens with zero attached hydrogens (tertiary/aromatic N) is 4. The van der Waals surface area contributed by atoms with Gasteiger partial charge in [0.15, 0.2) is 11.6 Å². The summed E-state index contributed by atoms with van der Waals surface area (Å²) in [5.74, 6) is 0.121. The molecular formula is C26H24FN5O. The quantitative estimate of drug-likeness (QED) is 0.497. The van der Waals surface area contributed by atoms with E-state index in [9.17, 15) is 9.18 Å². The number of halogens is 1. The van der Waals surface area contributed by atoms with Crippen LogP contribution in [0.5, 0.6) is 0 Å². The predicted molar refractivity (Wildman–Crippen MR) is 126 cm³/mol. The van der Waals surface area contributed by atoms with Crippen molar-refractivity contribution in [3.8, 4) is 0 Å². The predicted octanol–water partition coefficient (Wildman–Crippen LogP) is 4.74. The van der Waals surface area contributed by atoms with Crippen LogP contribution in [-0.4, -0.2) is 33.8 Å². The number of amides is 1. The molecule has 0 radical (unpaired) electrons. The Kier molecular flexibility index (Phi) is 4.47. The monoisotopic (exact) mass is 441 g/mol. The lowest BCUT2D eigenvalue weighted by Gasteiger charge is -2.40. The molecule has 0 spiro atoms. The van der Waals surface area contributed by atoms with E-state index in [1.54, 1.807) is 12.3 Å². The molecule has 166 valence electrons. The first kappa shape index (κ1) is 19.9. The summed E-state index contributed by atoms with van der Waals surface area (Å²) >= 11 is 0. The summed E-state index contributed by atoms with van der Waals surface area (Å²) < 4.78 is 16.2. The average Bonchev–Trinajstić information content (AvgIpc) is 3.43. The normalized spacial score (nSPS) is 16.9. The van der Waals surface area contributed by atoms with E-state index in [1.807, 2.05) is 29.3 Å². The Bertz CT molecular complexity index is 1390. The standard InChI is InChI=1S/C26H24FN5O/c1-26(9-12-31(13-10-26)24-21(27)6-3-11-28-24)32-16-17(15-29-32)14-18-7-8-22-23-19(18)4-2-5-20(23)25(33)30-22/h2-8,11,15-16H,9-10,12-14H2,1H3,(H,30,33). The molecule has 1 N–H and O–H groups in total. The van der Waals surface area contributed by atoms with Gasteiger partial charge in [0, 0.05) is 48.5 Å². The zero-order valence-electron chi connectivity index (χ0n) is 18.4. The van der Waals surface area contributed by atoms with Gasteiger partial charge in [0.1, 0.15) is 0 Å². The maximum atomic E-state index is 14.1. The fraction of sp³-hybridized carbons (Fsp3) is 0.269. The second-order valence-electron chi connectivity index (χ2n) is 9.22. The van der Waals surface area contributed by atoms with Gasteiger partial charge in [-0.15, -0.1) is 0 Å². The van der Waals surface area contributed by atoms with Crippen molar-refractivity contribution in [1.29, 1.82) is 0 Å². The largest absolute Gasteiger partial charge is 0.354 e. The first-order valence-electron chi connectivity index (χ1n) is 11.3. The number of carbonyl (C=O) groups is 1. The first-order chi connectivity index (χ1) is 16.0. The number of hydrogen-bond donors (Lipinski definition) is 1. The summed E-state index contributed by atoms with van der Waals surface area (Å²) in [6.45, 7) is 3.68. The number of nitrogens with one attached hydrogen (secondary N) is 1. The zero-order chi connectivity index (χ0) is 22.6. The van der Waals surface area contributed by atoms with Gasteiger partial charge in [-0.1, -0.05) is 18.2 Å². The summed E-state index contributed by atoms with van der Waals surface area (Å²) in [6.07, 6.45) is 8.16. The summed E-state index contributed by atoms with van der Waals surface area (Å²) in [7, 11) is 0. The van der Waals surface area contributed by atoms with Crippen LogP contribution >= 0.6 is 0 Å². The molecule has 33 heavy (non-hydrogen) atoms. The number of anilines is 2. The Morgan fingerprint density at radius 1 is 1.12 bits per heavy atom. The van der Waals surface area contributed by atoms with Gasteiger partial charge in [0.05, 0.1) is 11.7 Å². The van der Waals surface area contributed by atoms with Crippen molar-refractivity contribution in [3.05, 3.63) is 83.6 Å². The molecule has 6 rings (SSSR count). The number of carbonyl (C=O) groups excluding carboxylic acids is 1. The summed E-state index contributed by atoms with van der Waals surface area (Å²) in [5.41, 5.74) is 3.81.